The zero-order chi connectivity index (χ0) is 31.3. The fourth-order valence-corrected chi connectivity index (χ4v) is 4.85. The van der Waals surface area contributed by atoms with Crippen LogP contribution in [-0.4, -0.2) is 45.2 Å². The number of unbranched alkanes of at least 4 members (excludes halogenated alkanes) is 7. The average Bonchev–Trinajstić information content (AvgIpc) is 3.01. The molecule has 4 aromatic rings. The number of aromatic hydroxyl groups is 4. The molecule has 0 saturated heterocycles. The Balaban J connectivity index is 1.04. The third kappa shape index (κ3) is 8.77. The number of hydrogen-bond donors (Lipinski definition) is 4. The average molecular weight is 599 g/mol. The highest BCUT2D eigenvalue weighted by Crippen LogP contribution is 2.30. The smallest absolute Gasteiger partial charge is 0.200 e. The second kappa shape index (κ2) is 16.0. The summed E-state index contributed by atoms with van der Waals surface area (Å²) < 4.78 is 11.5. The van der Waals surface area contributed by atoms with Gasteiger partial charge in [0.05, 0.1) is 35.5 Å². The van der Waals surface area contributed by atoms with E-state index in [1.54, 1.807) is 36.4 Å². The molecule has 0 unspecified atom stereocenters. The summed E-state index contributed by atoms with van der Waals surface area (Å²) in [4.78, 5) is 25.2. The molecule has 0 radical (unpaired) electrons. The van der Waals surface area contributed by atoms with Crippen LogP contribution in [0.2, 0.25) is 0 Å². The summed E-state index contributed by atoms with van der Waals surface area (Å²) in [5.74, 6) is -0.554. The minimum Gasteiger partial charge on any atom is -0.507 e. The number of carbonyl (C=O) groups is 2. The molecule has 0 aliphatic heterocycles. The topological polar surface area (TPSA) is 134 Å². The molecule has 0 bridgehead atoms. The summed E-state index contributed by atoms with van der Waals surface area (Å²) in [7, 11) is 0. The lowest BCUT2D eigenvalue weighted by atomic mass is 10.0. The molecule has 0 aliphatic carbocycles. The first-order chi connectivity index (χ1) is 21.3. The zero-order valence-corrected chi connectivity index (χ0v) is 24.6. The summed E-state index contributed by atoms with van der Waals surface area (Å²) in [6.07, 6.45) is 8.30. The van der Waals surface area contributed by atoms with Crippen LogP contribution in [-0.2, 0) is 0 Å². The Bertz CT molecular complexity index is 1440. The van der Waals surface area contributed by atoms with E-state index in [-0.39, 0.29) is 45.3 Å². The van der Waals surface area contributed by atoms with E-state index in [4.69, 9.17) is 9.47 Å². The van der Waals surface area contributed by atoms with Crippen molar-refractivity contribution in [2.45, 2.75) is 51.4 Å². The molecule has 0 spiro atoms. The van der Waals surface area contributed by atoms with Crippen molar-refractivity contribution in [2.75, 3.05) is 13.2 Å². The molecular weight excluding hydrogens is 560 g/mol. The molecule has 0 fully saturated rings. The van der Waals surface area contributed by atoms with Crippen molar-refractivity contribution in [1.82, 2.24) is 0 Å². The Morgan fingerprint density at radius 2 is 0.773 bits per heavy atom. The van der Waals surface area contributed by atoms with Gasteiger partial charge in [0.2, 0.25) is 0 Å². The Morgan fingerprint density at radius 1 is 0.432 bits per heavy atom. The summed E-state index contributed by atoms with van der Waals surface area (Å²) in [5, 5.41) is 40.4. The van der Waals surface area contributed by atoms with Crippen LogP contribution < -0.4 is 9.47 Å². The Morgan fingerprint density at radius 3 is 1.14 bits per heavy atom. The van der Waals surface area contributed by atoms with Gasteiger partial charge in [-0.15, -0.1) is 0 Å². The minimum absolute atomic E-state index is 0.109. The number of ether oxygens (including phenoxy) is 2. The van der Waals surface area contributed by atoms with Crippen molar-refractivity contribution in [3.8, 4) is 34.5 Å². The van der Waals surface area contributed by atoms with Crippen LogP contribution in [0.25, 0.3) is 0 Å². The van der Waals surface area contributed by atoms with E-state index in [9.17, 15) is 30.0 Å². The van der Waals surface area contributed by atoms with Gasteiger partial charge in [0.25, 0.3) is 0 Å². The molecule has 8 heteroatoms. The number of hydrogen-bond acceptors (Lipinski definition) is 8. The number of para-hydroxylation sites is 2. The fourth-order valence-electron chi connectivity index (χ4n) is 4.85. The lowest BCUT2D eigenvalue weighted by molar-refractivity contribution is 0.102. The fraction of sp³-hybridized carbons (Fsp3) is 0.278. The zero-order valence-electron chi connectivity index (χ0n) is 24.6. The molecule has 0 amide bonds. The lowest BCUT2D eigenvalue weighted by Crippen LogP contribution is -2.03. The van der Waals surface area contributed by atoms with Crippen LogP contribution >= 0.6 is 0 Å². The molecule has 44 heavy (non-hydrogen) atoms. The highest BCUT2D eigenvalue weighted by Gasteiger charge is 2.18. The third-order valence-corrected chi connectivity index (χ3v) is 7.30. The van der Waals surface area contributed by atoms with Gasteiger partial charge in [-0.3, -0.25) is 9.59 Å². The standard InChI is InChI=1S/C36H38O8/c37-31-15-9-7-13-27(31)35(41)29-19-17-25(23-33(29)39)43-21-11-5-3-1-2-4-6-12-22-44-26-18-20-30(34(40)24-26)36(42)28-14-8-10-16-32(28)38/h7-10,13-20,23-24,37-40H,1-6,11-12,21-22H2. The van der Waals surface area contributed by atoms with Crippen molar-refractivity contribution in [2.24, 2.45) is 0 Å². The first-order valence-electron chi connectivity index (χ1n) is 14.9. The second-order valence-corrected chi connectivity index (χ2v) is 10.6. The van der Waals surface area contributed by atoms with Crippen molar-refractivity contribution < 1.29 is 39.5 Å². The van der Waals surface area contributed by atoms with Gasteiger partial charge < -0.3 is 29.9 Å². The number of rotatable bonds is 17. The van der Waals surface area contributed by atoms with Gasteiger partial charge in [-0.05, 0) is 61.4 Å². The van der Waals surface area contributed by atoms with Gasteiger partial charge in [0, 0.05) is 12.1 Å². The number of phenols is 4. The van der Waals surface area contributed by atoms with Crippen molar-refractivity contribution in [3.05, 3.63) is 107 Å². The maximum absolute atomic E-state index is 12.6. The Kier molecular flexibility index (Phi) is 11.6. The van der Waals surface area contributed by atoms with E-state index in [0.717, 1.165) is 51.4 Å². The predicted molar refractivity (Wildman–Crippen MR) is 167 cm³/mol. The quantitative estimate of drug-likeness (QED) is 0.0723. The molecule has 0 saturated carbocycles. The largest absolute Gasteiger partial charge is 0.507 e. The van der Waals surface area contributed by atoms with Gasteiger partial charge in [-0.25, -0.2) is 0 Å². The summed E-state index contributed by atoms with van der Waals surface area (Å²) >= 11 is 0. The molecule has 230 valence electrons. The Hall–Kier alpha value is -4.98. The van der Waals surface area contributed by atoms with E-state index in [1.807, 2.05) is 0 Å². The molecule has 8 nitrogen and oxygen atoms in total. The van der Waals surface area contributed by atoms with Crippen molar-refractivity contribution in [1.29, 1.82) is 0 Å². The van der Waals surface area contributed by atoms with E-state index in [1.165, 1.54) is 48.5 Å². The normalized spacial score (nSPS) is 10.8. The SMILES string of the molecule is O=C(c1ccccc1O)c1ccc(OCCCCCCCCCCOc2ccc(C(=O)c3ccccc3O)c(O)c2)cc1O. The van der Waals surface area contributed by atoms with Gasteiger partial charge >= 0.3 is 0 Å². The molecular formula is C36H38O8. The number of phenolic OH excluding ortho intramolecular Hbond substituents is 4. The van der Waals surface area contributed by atoms with Crippen LogP contribution in [0.4, 0.5) is 0 Å². The van der Waals surface area contributed by atoms with Crippen LogP contribution in [0.15, 0.2) is 84.9 Å². The summed E-state index contributed by atoms with van der Waals surface area (Å²) in [6, 6.07) is 21.6. The lowest BCUT2D eigenvalue weighted by Gasteiger charge is -2.10. The molecule has 4 N–H and O–H groups in total. The van der Waals surface area contributed by atoms with E-state index in [0.29, 0.717) is 24.7 Å². The predicted octanol–water partition coefficient (Wildman–Crippen LogP) is 7.55. The van der Waals surface area contributed by atoms with Crippen molar-refractivity contribution in [3.63, 3.8) is 0 Å². The van der Waals surface area contributed by atoms with Gasteiger partial charge in [0.15, 0.2) is 11.6 Å². The first kappa shape index (κ1) is 31.9. The van der Waals surface area contributed by atoms with Crippen LogP contribution in [0, 0.1) is 0 Å². The third-order valence-electron chi connectivity index (χ3n) is 7.30. The van der Waals surface area contributed by atoms with E-state index in [2.05, 4.69) is 0 Å². The molecule has 0 heterocycles. The van der Waals surface area contributed by atoms with E-state index >= 15 is 0 Å². The van der Waals surface area contributed by atoms with Gasteiger partial charge in [-0.1, -0.05) is 62.8 Å². The number of benzene rings is 4. The maximum atomic E-state index is 12.6. The molecule has 0 atom stereocenters. The van der Waals surface area contributed by atoms with Gasteiger partial charge in [0.1, 0.15) is 34.5 Å². The second-order valence-electron chi connectivity index (χ2n) is 10.6. The summed E-state index contributed by atoms with van der Waals surface area (Å²) in [5.41, 5.74) is 0.487. The van der Waals surface area contributed by atoms with Crippen molar-refractivity contribution >= 4 is 11.6 Å². The van der Waals surface area contributed by atoms with Gasteiger partial charge in [-0.2, -0.15) is 0 Å². The number of carbonyl (C=O) groups excluding carboxylic acids is 2. The molecule has 0 aromatic heterocycles. The molecule has 4 aromatic carbocycles. The highest BCUT2D eigenvalue weighted by atomic mass is 16.5. The minimum atomic E-state index is -0.453. The first-order valence-corrected chi connectivity index (χ1v) is 14.9. The Labute approximate surface area is 257 Å². The van der Waals surface area contributed by atoms with Crippen LogP contribution in [0.1, 0.15) is 83.2 Å². The summed E-state index contributed by atoms with van der Waals surface area (Å²) in [6.45, 7) is 1.03. The molecule has 0 aliphatic rings. The maximum Gasteiger partial charge on any atom is 0.200 e. The van der Waals surface area contributed by atoms with Crippen LogP contribution in [0.5, 0.6) is 34.5 Å². The van der Waals surface area contributed by atoms with Crippen LogP contribution in [0.3, 0.4) is 0 Å². The van der Waals surface area contributed by atoms with E-state index < -0.39 is 11.6 Å². The number of ketones is 2. The molecule has 4 rings (SSSR count). The highest BCUT2D eigenvalue weighted by molar-refractivity contribution is 6.13. The monoisotopic (exact) mass is 598 g/mol.